The summed E-state index contributed by atoms with van der Waals surface area (Å²) in [7, 11) is -3.98. The van der Waals surface area contributed by atoms with Gasteiger partial charge in [0, 0.05) is 24.4 Å². The van der Waals surface area contributed by atoms with E-state index >= 15 is 0 Å². The van der Waals surface area contributed by atoms with Gasteiger partial charge in [-0.05, 0) is 80.5 Å². The van der Waals surface area contributed by atoms with Crippen LogP contribution in [0.2, 0.25) is 36.3 Å². The molecule has 202 valence electrons. The van der Waals surface area contributed by atoms with Crippen molar-refractivity contribution >= 4 is 22.6 Å². The molecule has 0 N–H and O–H groups in total. The Kier molecular flexibility index (Phi) is 8.62. The van der Waals surface area contributed by atoms with Crippen molar-refractivity contribution in [1.82, 2.24) is 0 Å². The van der Waals surface area contributed by atoms with Crippen LogP contribution in [-0.2, 0) is 18.4 Å². The second kappa shape index (κ2) is 9.88. The number of ether oxygens (including phenoxy) is 1. The highest BCUT2D eigenvalue weighted by Gasteiger charge is 2.60. The van der Waals surface area contributed by atoms with Gasteiger partial charge in [0.05, 0.1) is 6.10 Å². The van der Waals surface area contributed by atoms with Gasteiger partial charge >= 0.3 is 5.97 Å². The lowest BCUT2D eigenvalue weighted by Gasteiger charge is -2.54. The first-order chi connectivity index (χ1) is 15.6. The van der Waals surface area contributed by atoms with Crippen molar-refractivity contribution in [2.24, 2.45) is 10.8 Å². The van der Waals surface area contributed by atoms with Gasteiger partial charge in [0.25, 0.3) is 0 Å². The summed E-state index contributed by atoms with van der Waals surface area (Å²) < 4.78 is 20.0. The number of allylic oxidation sites excluding steroid dienone is 1. The number of carbonyl (C=O) groups excluding carboxylic acids is 1. The van der Waals surface area contributed by atoms with Crippen LogP contribution in [0.25, 0.3) is 0 Å². The van der Waals surface area contributed by atoms with Crippen molar-refractivity contribution in [3.05, 3.63) is 23.8 Å². The van der Waals surface area contributed by atoms with Gasteiger partial charge in [0.15, 0.2) is 16.6 Å². The van der Waals surface area contributed by atoms with Crippen molar-refractivity contribution in [3.8, 4) is 0 Å². The van der Waals surface area contributed by atoms with Crippen LogP contribution in [0.3, 0.4) is 0 Å². The summed E-state index contributed by atoms with van der Waals surface area (Å²) in [6.45, 7) is 34.2. The molecule has 2 rings (SSSR count). The topological polar surface area (TPSA) is 44.8 Å². The highest BCUT2D eigenvalue weighted by Crippen LogP contribution is 2.61. The molecule has 2 aliphatic rings. The van der Waals surface area contributed by atoms with Crippen molar-refractivity contribution in [1.29, 1.82) is 0 Å². The van der Waals surface area contributed by atoms with Gasteiger partial charge in [0.1, 0.15) is 6.10 Å². The molecule has 6 heteroatoms. The van der Waals surface area contributed by atoms with E-state index in [0.29, 0.717) is 6.61 Å². The molecule has 0 amide bonds. The average Bonchev–Trinajstić information content (AvgIpc) is 2.95. The predicted octanol–water partition coefficient (Wildman–Crippen LogP) is 8.41. The molecule has 0 unspecified atom stereocenters. The molecule has 0 aliphatic heterocycles. The summed E-state index contributed by atoms with van der Waals surface area (Å²) in [4.78, 5) is 12.3. The third-order valence-electron chi connectivity index (χ3n) is 10.1. The molecule has 0 radical (unpaired) electrons. The zero-order valence-electron chi connectivity index (χ0n) is 25.1. The minimum atomic E-state index is -2.02. The van der Waals surface area contributed by atoms with Gasteiger partial charge in [-0.3, -0.25) is 4.79 Å². The fourth-order valence-corrected chi connectivity index (χ4v) is 7.54. The number of hydrogen-bond donors (Lipinski definition) is 0. The van der Waals surface area contributed by atoms with Crippen molar-refractivity contribution < 1.29 is 18.4 Å². The quantitative estimate of drug-likeness (QED) is 0.191. The molecule has 0 aromatic rings. The number of rotatable bonds is 7. The average molecular weight is 523 g/mol. The minimum absolute atomic E-state index is 0.0376. The Labute approximate surface area is 218 Å². The van der Waals surface area contributed by atoms with Gasteiger partial charge in [-0.1, -0.05) is 60.6 Å². The third-order valence-corrected chi connectivity index (χ3v) is 19.0. The summed E-state index contributed by atoms with van der Waals surface area (Å²) in [5.74, 6) is -0.237. The Morgan fingerprint density at radius 2 is 1.60 bits per heavy atom. The van der Waals surface area contributed by atoms with Crippen molar-refractivity contribution in [2.45, 2.75) is 136 Å². The van der Waals surface area contributed by atoms with Gasteiger partial charge in [-0.2, -0.15) is 0 Å². The van der Waals surface area contributed by atoms with Crippen LogP contribution in [0.5, 0.6) is 0 Å². The SMILES string of the molecule is C=C1[C@@H](O[Si](C)(C)C(C)(C)C)CC[C@@]1(C)[C@]1(CO[Si](C)(C)C(C)(C)C)CCC(C)=C[C@@H]1OC(C)=O. The van der Waals surface area contributed by atoms with E-state index < -0.39 is 16.6 Å². The Bertz CT molecular complexity index is 846. The zero-order valence-corrected chi connectivity index (χ0v) is 27.1. The van der Waals surface area contributed by atoms with Gasteiger partial charge < -0.3 is 13.6 Å². The van der Waals surface area contributed by atoms with E-state index in [0.717, 1.165) is 31.3 Å². The Morgan fingerprint density at radius 1 is 1.06 bits per heavy atom. The second-order valence-corrected chi connectivity index (χ2v) is 24.1. The van der Waals surface area contributed by atoms with E-state index in [-0.39, 0.29) is 39.1 Å². The van der Waals surface area contributed by atoms with Crippen LogP contribution in [0.4, 0.5) is 0 Å². The third kappa shape index (κ3) is 5.91. The van der Waals surface area contributed by atoms with Gasteiger partial charge in [0.2, 0.25) is 0 Å². The van der Waals surface area contributed by atoms with E-state index in [1.54, 1.807) is 0 Å². The minimum Gasteiger partial charge on any atom is -0.458 e. The van der Waals surface area contributed by atoms with Crippen molar-refractivity contribution in [2.75, 3.05) is 6.61 Å². The van der Waals surface area contributed by atoms with Crippen molar-refractivity contribution in [3.63, 3.8) is 0 Å². The lowest BCUT2D eigenvalue weighted by atomic mass is 9.55. The van der Waals surface area contributed by atoms with Gasteiger partial charge in [-0.25, -0.2) is 0 Å². The van der Waals surface area contributed by atoms with Crippen LogP contribution >= 0.6 is 0 Å². The normalized spacial score (nSPS) is 30.9. The monoisotopic (exact) mass is 522 g/mol. The molecule has 4 atom stereocenters. The number of hydrogen-bond acceptors (Lipinski definition) is 4. The molecule has 0 bridgehead atoms. The molecule has 1 fully saturated rings. The lowest BCUT2D eigenvalue weighted by Crippen LogP contribution is -2.56. The standard InChI is InChI=1S/C29H54O4Si2/c1-21-15-18-29(25(19-21)32-23(3)30,20-31-34(11,12)26(4,5)6)28(10)17-16-24(22(28)2)33-35(13,14)27(7,8)9/h19,24-25H,2,15-18,20H2,1,3-14H3/t24-,25-,28+,29-/m0/s1. The van der Waals surface area contributed by atoms with Crippen LogP contribution in [0.15, 0.2) is 23.8 Å². The maximum Gasteiger partial charge on any atom is 0.303 e. The maximum absolute atomic E-state index is 12.3. The Morgan fingerprint density at radius 3 is 2.09 bits per heavy atom. The highest BCUT2D eigenvalue weighted by atomic mass is 28.4. The van der Waals surface area contributed by atoms with Crippen LogP contribution in [-0.4, -0.2) is 41.4 Å². The Balaban J connectivity index is 2.54. The first-order valence-electron chi connectivity index (χ1n) is 13.5. The molecular weight excluding hydrogens is 468 g/mol. The summed E-state index contributed by atoms with van der Waals surface area (Å²) in [5.41, 5.74) is 1.82. The summed E-state index contributed by atoms with van der Waals surface area (Å²) >= 11 is 0. The fourth-order valence-electron chi connectivity index (χ4n) is 5.16. The van der Waals surface area contributed by atoms with E-state index in [4.69, 9.17) is 20.2 Å². The lowest BCUT2D eigenvalue weighted by molar-refractivity contribution is -0.160. The van der Waals surface area contributed by atoms with Crippen LogP contribution < -0.4 is 0 Å². The molecule has 35 heavy (non-hydrogen) atoms. The van der Waals surface area contributed by atoms with E-state index in [1.165, 1.54) is 12.5 Å². The molecule has 0 heterocycles. The smallest absolute Gasteiger partial charge is 0.303 e. The molecular formula is C29H54O4Si2. The number of carbonyl (C=O) groups is 1. The molecule has 0 aromatic heterocycles. The highest BCUT2D eigenvalue weighted by molar-refractivity contribution is 6.74. The summed E-state index contributed by atoms with van der Waals surface area (Å²) in [5, 5.41) is 0.244. The fraction of sp³-hybridized carbons (Fsp3) is 0.828. The zero-order chi connectivity index (χ0) is 27.3. The first-order valence-corrected chi connectivity index (χ1v) is 19.3. The number of esters is 1. The molecule has 2 aliphatic carbocycles. The van der Waals surface area contributed by atoms with E-state index in [2.05, 4.69) is 87.7 Å². The molecule has 0 aromatic carbocycles. The molecule has 0 saturated heterocycles. The first kappa shape index (κ1) is 30.5. The molecule has 4 nitrogen and oxygen atoms in total. The molecule has 0 spiro atoms. The maximum atomic E-state index is 12.3. The van der Waals surface area contributed by atoms with E-state index in [9.17, 15) is 4.79 Å². The summed E-state index contributed by atoms with van der Waals surface area (Å²) in [6.07, 6.45) is 5.72. The Hall–Kier alpha value is -0.696. The molecule has 1 saturated carbocycles. The van der Waals surface area contributed by atoms with Gasteiger partial charge in [-0.15, -0.1) is 0 Å². The van der Waals surface area contributed by atoms with Crippen LogP contribution in [0.1, 0.15) is 88.0 Å². The summed E-state index contributed by atoms with van der Waals surface area (Å²) in [6, 6.07) is 0. The largest absolute Gasteiger partial charge is 0.458 e. The predicted molar refractivity (Wildman–Crippen MR) is 153 cm³/mol. The second-order valence-electron chi connectivity index (χ2n) is 14.5. The van der Waals surface area contributed by atoms with E-state index in [1.807, 2.05) is 0 Å². The van der Waals surface area contributed by atoms with Crippen LogP contribution in [0, 0.1) is 10.8 Å².